The lowest BCUT2D eigenvalue weighted by Gasteiger charge is -2.31. The van der Waals surface area contributed by atoms with Gasteiger partial charge in [-0.05, 0) is 38.1 Å². The van der Waals surface area contributed by atoms with E-state index in [1.807, 2.05) is 0 Å². The molecule has 3 N–H and O–H groups in total. The highest BCUT2D eigenvalue weighted by Crippen LogP contribution is 2.25. The molecule has 106 valence electrons. The van der Waals surface area contributed by atoms with Gasteiger partial charge in [0.25, 0.3) is 0 Å². The second-order valence-electron chi connectivity index (χ2n) is 5.62. The number of nitrogens with one attached hydrogen (secondary N) is 1. The Bertz CT molecular complexity index is 401. The van der Waals surface area contributed by atoms with Crippen molar-refractivity contribution in [2.24, 2.45) is 11.7 Å². The summed E-state index contributed by atoms with van der Waals surface area (Å²) in [5.74, 6) is 2.77. The van der Waals surface area contributed by atoms with Crippen LogP contribution in [0, 0.1) is 5.92 Å². The number of anilines is 1. The van der Waals surface area contributed by atoms with Gasteiger partial charge in [-0.2, -0.15) is 4.98 Å². The average molecular weight is 265 g/mol. The summed E-state index contributed by atoms with van der Waals surface area (Å²) in [5, 5.41) is 7.47. The Hall–Kier alpha value is -1.14. The first-order chi connectivity index (χ1) is 9.36. The number of piperidine rings is 1. The van der Waals surface area contributed by atoms with Crippen molar-refractivity contribution in [2.75, 3.05) is 37.7 Å². The van der Waals surface area contributed by atoms with Gasteiger partial charge in [0.05, 0.1) is 6.61 Å². The van der Waals surface area contributed by atoms with E-state index in [4.69, 9.17) is 10.5 Å². The van der Waals surface area contributed by atoms with Crippen LogP contribution in [0.5, 0.6) is 0 Å². The lowest BCUT2D eigenvalue weighted by Crippen LogP contribution is -2.39. The number of rotatable bonds is 3. The van der Waals surface area contributed by atoms with Crippen LogP contribution in [0.1, 0.15) is 37.4 Å². The highest BCUT2D eigenvalue weighted by atomic mass is 16.5. The molecule has 3 heterocycles. The monoisotopic (exact) mass is 265 g/mol. The zero-order chi connectivity index (χ0) is 13.1. The molecule has 0 amide bonds. The maximum atomic E-state index is 5.77. The van der Waals surface area contributed by atoms with E-state index in [2.05, 4.69) is 20.1 Å². The fourth-order valence-corrected chi connectivity index (χ4v) is 2.98. The third kappa shape index (κ3) is 2.90. The predicted molar refractivity (Wildman–Crippen MR) is 73.2 cm³/mol. The molecular weight excluding hydrogens is 242 g/mol. The molecule has 0 aliphatic carbocycles. The number of hydrogen-bond donors (Lipinski definition) is 2. The molecule has 0 saturated carbocycles. The average Bonchev–Trinajstić information content (AvgIpc) is 2.98. The minimum Gasteiger partial charge on any atom is -0.381 e. The van der Waals surface area contributed by atoms with Crippen molar-refractivity contribution >= 4 is 5.95 Å². The quantitative estimate of drug-likeness (QED) is 0.848. The Labute approximate surface area is 113 Å². The largest absolute Gasteiger partial charge is 0.381 e. The molecule has 1 aromatic rings. The Morgan fingerprint density at radius 1 is 1.37 bits per heavy atom. The van der Waals surface area contributed by atoms with E-state index < -0.39 is 0 Å². The van der Waals surface area contributed by atoms with Gasteiger partial charge in [-0.1, -0.05) is 0 Å². The van der Waals surface area contributed by atoms with E-state index in [-0.39, 0.29) is 0 Å². The van der Waals surface area contributed by atoms with Crippen LogP contribution in [0.3, 0.4) is 0 Å². The number of H-pyrrole nitrogens is 1. The lowest BCUT2D eigenvalue weighted by molar-refractivity contribution is 0.0781. The Kier molecular flexibility index (Phi) is 3.98. The van der Waals surface area contributed by atoms with Gasteiger partial charge in [0.15, 0.2) is 0 Å². The minimum atomic E-state index is 0.380. The van der Waals surface area contributed by atoms with Gasteiger partial charge in [0, 0.05) is 25.6 Å². The predicted octanol–water partition coefficient (Wildman–Crippen LogP) is 0.874. The third-order valence-electron chi connectivity index (χ3n) is 4.17. The molecule has 19 heavy (non-hydrogen) atoms. The summed E-state index contributed by atoms with van der Waals surface area (Å²) in [6, 6.07) is 0. The van der Waals surface area contributed by atoms with Crippen LogP contribution in [-0.2, 0) is 4.74 Å². The number of aromatic amines is 1. The highest BCUT2D eigenvalue weighted by Gasteiger charge is 2.24. The van der Waals surface area contributed by atoms with Crippen LogP contribution in [0.2, 0.25) is 0 Å². The molecule has 1 aromatic heterocycles. The SMILES string of the molecule is NCC1CCCN(c2n[nH]c(C3CCCOC3)n2)C1. The van der Waals surface area contributed by atoms with Gasteiger partial charge in [-0.3, -0.25) is 5.10 Å². The second kappa shape index (κ2) is 5.88. The van der Waals surface area contributed by atoms with Crippen LogP contribution in [-0.4, -0.2) is 48.0 Å². The Morgan fingerprint density at radius 3 is 3.11 bits per heavy atom. The van der Waals surface area contributed by atoms with Crippen molar-refractivity contribution in [3.8, 4) is 0 Å². The lowest BCUT2D eigenvalue weighted by atomic mass is 9.99. The van der Waals surface area contributed by atoms with Gasteiger partial charge < -0.3 is 15.4 Å². The summed E-state index contributed by atoms with van der Waals surface area (Å²) in [4.78, 5) is 6.92. The second-order valence-corrected chi connectivity index (χ2v) is 5.62. The van der Waals surface area contributed by atoms with Crippen molar-refractivity contribution in [2.45, 2.75) is 31.6 Å². The van der Waals surface area contributed by atoms with Crippen molar-refractivity contribution in [1.29, 1.82) is 0 Å². The van der Waals surface area contributed by atoms with E-state index in [9.17, 15) is 0 Å². The fourth-order valence-electron chi connectivity index (χ4n) is 2.98. The Morgan fingerprint density at radius 2 is 2.32 bits per heavy atom. The summed E-state index contributed by atoms with van der Waals surface area (Å²) in [7, 11) is 0. The van der Waals surface area contributed by atoms with E-state index in [0.717, 1.165) is 57.5 Å². The van der Waals surface area contributed by atoms with Gasteiger partial charge in [-0.15, -0.1) is 5.10 Å². The van der Waals surface area contributed by atoms with E-state index >= 15 is 0 Å². The van der Waals surface area contributed by atoms with Crippen molar-refractivity contribution in [3.63, 3.8) is 0 Å². The first-order valence-electron chi connectivity index (χ1n) is 7.32. The molecule has 0 spiro atoms. The molecule has 0 aromatic carbocycles. The molecule has 6 heteroatoms. The molecule has 2 aliphatic rings. The molecular formula is C13H23N5O. The van der Waals surface area contributed by atoms with Crippen LogP contribution >= 0.6 is 0 Å². The minimum absolute atomic E-state index is 0.380. The third-order valence-corrected chi connectivity index (χ3v) is 4.17. The summed E-state index contributed by atoms with van der Waals surface area (Å²) in [6.45, 7) is 4.41. The first kappa shape index (κ1) is 12.9. The van der Waals surface area contributed by atoms with Crippen molar-refractivity contribution in [1.82, 2.24) is 15.2 Å². The van der Waals surface area contributed by atoms with Gasteiger partial charge in [0.1, 0.15) is 5.82 Å². The number of aromatic nitrogens is 3. The van der Waals surface area contributed by atoms with Crippen LogP contribution in [0.25, 0.3) is 0 Å². The van der Waals surface area contributed by atoms with E-state index in [1.165, 1.54) is 12.8 Å². The first-order valence-corrected chi connectivity index (χ1v) is 7.32. The molecule has 2 unspecified atom stereocenters. The molecule has 2 aliphatic heterocycles. The number of hydrogen-bond acceptors (Lipinski definition) is 5. The number of ether oxygens (including phenoxy) is 1. The zero-order valence-corrected chi connectivity index (χ0v) is 11.3. The van der Waals surface area contributed by atoms with Gasteiger partial charge in [0.2, 0.25) is 5.95 Å². The zero-order valence-electron chi connectivity index (χ0n) is 11.3. The van der Waals surface area contributed by atoms with Crippen molar-refractivity contribution < 1.29 is 4.74 Å². The summed E-state index contributed by atoms with van der Waals surface area (Å²) in [5.41, 5.74) is 5.77. The standard InChI is InChI=1S/C13H23N5O/c14-7-10-3-1-5-18(8-10)13-15-12(16-17-13)11-4-2-6-19-9-11/h10-11H,1-9,14H2,(H,15,16,17). The maximum Gasteiger partial charge on any atom is 0.244 e. The van der Waals surface area contributed by atoms with Gasteiger partial charge in [-0.25, -0.2) is 0 Å². The maximum absolute atomic E-state index is 5.77. The summed E-state index contributed by atoms with van der Waals surface area (Å²) in [6.07, 6.45) is 4.65. The Balaban J connectivity index is 1.66. The van der Waals surface area contributed by atoms with E-state index in [0.29, 0.717) is 11.8 Å². The molecule has 2 fully saturated rings. The fraction of sp³-hybridized carbons (Fsp3) is 0.846. The normalized spacial score (nSPS) is 28.6. The van der Waals surface area contributed by atoms with E-state index in [1.54, 1.807) is 0 Å². The summed E-state index contributed by atoms with van der Waals surface area (Å²) >= 11 is 0. The van der Waals surface area contributed by atoms with Crippen LogP contribution in [0.4, 0.5) is 5.95 Å². The summed E-state index contributed by atoms with van der Waals surface area (Å²) < 4.78 is 5.51. The smallest absolute Gasteiger partial charge is 0.244 e. The molecule has 3 rings (SSSR count). The number of nitrogens with zero attached hydrogens (tertiary/aromatic N) is 3. The topological polar surface area (TPSA) is 80.1 Å². The van der Waals surface area contributed by atoms with Crippen LogP contribution in [0.15, 0.2) is 0 Å². The molecule has 0 radical (unpaired) electrons. The highest BCUT2D eigenvalue weighted by molar-refractivity contribution is 5.30. The molecule has 2 saturated heterocycles. The molecule has 2 atom stereocenters. The van der Waals surface area contributed by atoms with Gasteiger partial charge >= 0.3 is 0 Å². The number of nitrogens with two attached hydrogens (primary N) is 1. The van der Waals surface area contributed by atoms with Crippen molar-refractivity contribution in [3.05, 3.63) is 5.82 Å². The van der Waals surface area contributed by atoms with Crippen LogP contribution < -0.4 is 10.6 Å². The molecule has 0 bridgehead atoms. The molecule has 6 nitrogen and oxygen atoms in total.